The van der Waals surface area contributed by atoms with Crippen molar-refractivity contribution in [3.63, 3.8) is 0 Å². The molecule has 0 fully saturated rings. The smallest absolute Gasteiger partial charge is 0.0462 e. The first-order valence-corrected chi connectivity index (χ1v) is 6.13. The van der Waals surface area contributed by atoms with E-state index in [2.05, 4.69) is 45.0 Å². The van der Waals surface area contributed by atoms with Crippen LogP contribution >= 0.6 is 0 Å². The van der Waals surface area contributed by atoms with Crippen molar-refractivity contribution in [2.45, 2.75) is 45.4 Å². The fourth-order valence-corrected chi connectivity index (χ4v) is 2.03. The van der Waals surface area contributed by atoms with Crippen molar-refractivity contribution in [3.8, 4) is 0 Å². The average Bonchev–Trinajstić information content (AvgIpc) is 2.24. The lowest BCUT2D eigenvalue weighted by atomic mass is 9.82. The van der Waals surface area contributed by atoms with E-state index in [9.17, 15) is 0 Å². The Bertz CT molecular complexity index is 309. The molecule has 0 unspecified atom stereocenters. The normalized spacial score (nSPS) is 11.8. The summed E-state index contributed by atoms with van der Waals surface area (Å²) >= 11 is 0. The van der Waals surface area contributed by atoms with Crippen LogP contribution in [0.1, 0.15) is 44.7 Å². The van der Waals surface area contributed by atoms with E-state index in [1.165, 1.54) is 17.5 Å². The highest BCUT2D eigenvalue weighted by atomic mass is 16.5. The molecule has 0 radical (unpaired) electrons. The highest BCUT2D eigenvalue weighted by Gasteiger charge is 2.16. The van der Waals surface area contributed by atoms with E-state index in [0.29, 0.717) is 0 Å². The van der Waals surface area contributed by atoms with Crippen molar-refractivity contribution in [3.05, 3.63) is 35.4 Å². The number of hydrogen-bond donors (Lipinski definition) is 0. The van der Waals surface area contributed by atoms with E-state index in [4.69, 9.17) is 4.74 Å². The van der Waals surface area contributed by atoms with Crippen molar-refractivity contribution in [1.29, 1.82) is 0 Å². The highest BCUT2D eigenvalue weighted by Crippen LogP contribution is 2.26. The van der Waals surface area contributed by atoms with Gasteiger partial charge in [0.15, 0.2) is 0 Å². The highest BCUT2D eigenvalue weighted by molar-refractivity contribution is 5.32. The Morgan fingerprint density at radius 1 is 1.06 bits per heavy atom. The molecule has 1 rings (SSSR count). The van der Waals surface area contributed by atoms with E-state index in [0.717, 1.165) is 19.4 Å². The zero-order valence-electron chi connectivity index (χ0n) is 11.0. The Morgan fingerprint density at radius 3 is 2.38 bits per heavy atom. The molecule has 1 aromatic carbocycles. The Kier molecular flexibility index (Phi) is 5.01. The average molecular weight is 220 g/mol. The van der Waals surface area contributed by atoms with Crippen LogP contribution in [-0.2, 0) is 16.6 Å². The summed E-state index contributed by atoms with van der Waals surface area (Å²) in [5.74, 6) is 0. The van der Waals surface area contributed by atoms with Crippen molar-refractivity contribution in [2.24, 2.45) is 0 Å². The molecule has 0 bridgehead atoms. The lowest BCUT2D eigenvalue weighted by molar-refractivity contribution is 0.193. The molecule has 0 aromatic heterocycles. The maximum Gasteiger partial charge on any atom is 0.0462 e. The molecular formula is C15H24O. The summed E-state index contributed by atoms with van der Waals surface area (Å²) in [4.78, 5) is 0. The van der Waals surface area contributed by atoms with E-state index in [1.807, 2.05) is 0 Å². The molecule has 1 aromatic rings. The van der Waals surface area contributed by atoms with E-state index < -0.39 is 0 Å². The Labute approximate surface area is 99.8 Å². The Hall–Kier alpha value is -0.820. The molecule has 0 heterocycles. The molecule has 0 amide bonds. The lowest BCUT2D eigenvalue weighted by Gasteiger charge is -2.22. The molecular weight excluding hydrogens is 196 g/mol. The molecule has 0 aliphatic heterocycles. The lowest BCUT2D eigenvalue weighted by Crippen LogP contribution is -2.14. The fraction of sp³-hybridized carbons (Fsp3) is 0.600. The van der Waals surface area contributed by atoms with Crippen LogP contribution in [0.3, 0.4) is 0 Å². The standard InChI is InChI=1S/C15H24O/c1-15(2,3)14-11-6-5-9-13(14)10-7-8-12-16-4/h5-6,9,11H,7-8,10,12H2,1-4H3. The van der Waals surface area contributed by atoms with Crippen molar-refractivity contribution < 1.29 is 4.74 Å². The zero-order valence-corrected chi connectivity index (χ0v) is 11.0. The molecule has 0 saturated carbocycles. The van der Waals surface area contributed by atoms with Gasteiger partial charge in [-0.15, -0.1) is 0 Å². The molecule has 1 nitrogen and oxygen atoms in total. The molecule has 90 valence electrons. The van der Waals surface area contributed by atoms with Crippen LogP contribution in [0.5, 0.6) is 0 Å². The minimum absolute atomic E-state index is 0.248. The molecule has 0 atom stereocenters. The summed E-state index contributed by atoms with van der Waals surface area (Å²) in [6.45, 7) is 7.71. The third-order valence-electron chi connectivity index (χ3n) is 2.87. The van der Waals surface area contributed by atoms with Crippen LogP contribution in [0.15, 0.2) is 24.3 Å². The van der Waals surface area contributed by atoms with Gasteiger partial charge in [0.25, 0.3) is 0 Å². The van der Waals surface area contributed by atoms with Crippen LogP contribution in [0.25, 0.3) is 0 Å². The van der Waals surface area contributed by atoms with E-state index in [-0.39, 0.29) is 5.41 Å². The van der Waals surface area contributed by atoms with Gasteiger partial charge in [0.1, 0.15) is 0 Å². The topological polar surface area (TPSA) is 9.23 Å². The molecule has 16 heavy (non-hydrogen) atoms. The van der Waals surface area contributed by atoms with Crippen LogP contribution in [0, 0.1) is 0 Å². The van der Waals surface area contributed by atoms with Crippen molar-refractivity contribution in [1.82, 2.24) is 0 Å². The molecule has 0 aliphatic carbocycles. The predicted molar refractivity (Wildman–Crippen MR) is 70.0 cm³/mol. The van der Waals surface area contributed by atoms with Crippen molar-refractivity contribution >= 4 is 0 Å². The molecule has 0 spiro atoms. The minimum atomic E-state index is 0.248. The van der Waals surface area contributed by atoms with Gasteiger partial charge in [0.05, 0.1) is 0 Å². The van der Waals surface area contributed by atoms with Gasteiger partial charge in [0, 0.05) is 13.7 Å². The first-order chi connectivity index (χ1) is 7.55. The van der Waals surface area contributed by atoms with Gasteiger partial charge >= 0.3 is 0 Å². The third kappa shape index (κ3) is 3.97. The summed E-state index contributed by atoms with van der Waals surface area (Å²) in [6.07, 6.45) is 3.52. The van der Waals surface area contributed by atoms with Crippen molar-refractivity contribution in [2.75, 3.05) is 13.7 Å². The van der Waals surface area contributed by atoms with E-state index in [1.54, 1.807) is 7.11 Å². The number of unbranched alkanes of at least 4 members (excludes halogenated alkanes) is 1. The van der Waals surface area contributed by atoms with Crippen LogP contribution < -0.4 is 0 Å². The molecule has 0 saturated heterocycles. The second-order valence-electron chi connectivity index (χ2n) is 5.36. The van der Waals surface area contributed by atoms with Crippen LogP contribution in [-0.4, -0.2) is 13.7 Å². The monoisotopic (exact) mass is 220 g/mol. The second-order valence-corrected chi connectivity index (χ2v) is 5.36. The summed E-state index contributed by atoms with van der Waals surface area (Å²) in [7, 11) is 1.77. The van der Waals surface area contributed by atoms with Crippen LogP contribution in [0.4, 0.5) is 0 Å². The van der Waals surface area contributed by atoms with Gasteiger partial charge in [-0.05, 0) is 35.8 Å². The summed E-state index contributed by atoms with van der Waals surface area (Å²) in [5.41, 5.74) is 3.22. The number of methoxy groups -OCH3 is 1. The number of ether oxygens (including phenoxy) is 1. The zero-order chi connectivity index (χ0) is 12.0. The predicted octanol–water partition coefficient (Wildman–Crippen LogP) is 3.95. The van der Waals surface area contributed by atoms with E-state index >= 15 is 0 Å². The number of benzene rings is 1. The number of rotatable bonds is 5. The minimum Gasteiger partial charge on any atom is -0.385 e. The maximum atomic E-state index is 5.08. The Balaban J connectivity index is 2.65. The van der Waals surface area contributed by atoms with Crippen LogP contribution in [0.2, 0.25) is 0 Å². The SMILES string of the molecule is COCCCCc1ccccc1C(C)(C)C. The fourth-order valence-electron chi connectivity index (χ4n) is 2.03. The first-order valence-electron chi connectivity index (χ1n) is 6.13. The maximum absolute atomic E-state index is 5.08. The van der Waals surface area contributed by atoms with Gasteiger partial charge < -0.3 is 4.74 Å². The van der Waals surface area contributed by atoms with Gasteiger partial charge in [-0.2, -0.15) is 0 Å². The number of hydrogen-bond acceptors (Lipinski definition) is 1. The molecule has 1 heteroatoms. The first kappa shape index (κ1) is 13.2. The third-order valence-corrected chi connectivity index (χ3v) is 2.87. The van der Waals surface area contributed by atoms with Gasteiger partial charge in [-0.3, -0.25) is 0 Å². The summed E-state index contributed by atoms with van der Waals surface area (Å²) in [6, 6.07) is 8.79. The Morgan fingerprint density at radius 2 is 1.75 bits per heavy atom. The van der Waals surface area contributed by atoms with Gasteiger partial charge in [0.2, 0.25) is 0 Å². The van der Waals surface area contributed by atoms with Gasteiger partial charge in [-0.1, -0.05) is 45.0 Å². The number of aryl methyl sites for hydroxylation is 1. The largest absolute Gasteiger partial charge is 0.385 e. The summed E-state index contributed by atoms with van der Waals surface area (Å²) in [5, 5.41) is 0. The second kappa shape index (κ2) is 6.05. The summed E-state index contributed by atoms with van der Waals surface area (Å²) < 4.78 is 5.08. The molecule has 0 N–H and O–H groups in total. The van der Waals surface area contributed by atoms with Gasteiger partial charge in [-0.25, -0.2) is 0 Å². The quantitative estimate of drug-likeness (QED) is 0.683. The molecule has 0 aliphatic rings.